The van der Waals surface area contributed by atoms with E-state index < -0.39 is 18.6 Å². The number of hydrazine groups is 1. The van der Waals surface area contributed by atoms with Gasteiger partial charge in [0.2, 0.25) is 0 Å². The predicted octanol–water partition coefficient (Wildman–Crippen LogP) is 2.27. The number of rotatable bonds is 3. The Morgan fingerprint density at radius 3 is 2.57 bits per heavy atom. The van der Waals surface area contributed by atoms with Crippen molar-refractivity contribution >= 4 is 0 Å². The Labute approximate surface area is 81.3 Å². The van der Waals surface area contributed by atoms with E-state index >= 15 is 0 Å². The first-order chi connectivity index (χ1) is 6.53. The van der Waals surface area contributed by atoms with E-state index in [9.17, 15) is 13.2 Å². The summed E-state index contributed by atoms with van der Waals surface area (Å²) >= 11 is 0. The summed E-state index contributed by atoms with van der Waals surface area (Å²) in [4.78, 5) is 0. The lowest BCUT2D eigenvalue weighted by Crippen LogP contribution is -2.40. The van der Waals surface area contributed by atoms with Crippen molar-refractivity contribution in [3.8, 4) is 0 Å². The fourth-order valence-corrected chi connectivity index (χ4v) is 1.71. The minimum Gasteiger partial charge on any atom is -0.271 e. The summed E-state index contributed by atoms with van der Waals surface area (Å²) in [6.45, 7) is 0. The molecule has 82 valence electrons. The molecular weight excluding hydrogens is 193 g/mol. The molecule has 0 amide bonds. The standard InChI is InChI=1S/C9H15F3N2/c10-9(11,12)6-8(14-13)7-4-2-1-3-5-7/h4,8,14H,1-3,5-6,13H2. The van der Waals surface area contributed by atoms with Crippen LogP contribution in [0, 0.1) is 0 Å². The van der Waals surface area contributed by atoms with Crippen molar-refractivity contribution in [3.63, 3.8) is 0 Å². The van der Waals surface area contributed by atoms with Crippen LogP contribution in [-0.4, -0.2) is 12.2 Å². The van der Waals surface area contributed by atoms with E-state index in [4.69, 9.17) is 5.84 Å². The monoisotopic (exact) mass is 208 g/mol. The minimum atomic E-state index is -4.16. The van der Waals surface area contributed by atoms with E-state index in [0.29, 0.717) is 0 Å². The molecule has 0 bridgehead atoms. The molecule has 0 radical (unpaired) electrons. The molecule has 1 aliphatic rings. The Bertz CT molecular complexity index is 211. The maximum atomic E-state index is 12.1. The number of halogens is 3. The number of nitrogens with two attached hydrogens (primary N) is 1. The first-order valence-electron chi connectivity index (χ1n) is 4.75. The summed E-state index contributed by atoms with van der Waals surface area (Å²) in [6.07, 6.45) is 0.454. The molecule has 0 saturated carbocycles. The molecule has 0 saturated heterocycles. The number of hydrogen-bond acceptors (Lipinski definition) is 2. The molecule has 1 unspecified atom stereocenters. The second-order valence-electron chi connectivity index (χ2n) is 3.56. The third kappa shape index (κ3) is 3.67. The van der Waals surface area contributed by atoms with Gasteiger partial charge in [-0.15, -0.1) is 0 Å². The predicted molar refractivity (Wildman–Crippen MR) is 48.3 cm³/mol. The highest BCUT2D eigenvalue weighted by molar-refractivity contribution is 5.13. The van der Waals surface area contributed by atoms with Crippen molar-refractivity contribution in [1.82, 2.24) is 5.43 Å². The Balaban J connectivity index is 2.57. The maximum absolute atomic E-state index is 12.1. The zero-order chi connectivity index (χ0) is 10.6. The summed E-state index contributed by atoms with van der Waals surface area (Å²) in [7, 11) is 0. The van der Waals surface area contributed by atoms with Gasteiger partial charge in [0.1, 0.15) is 0 Å². The van der Waals surface area contributed by atoms with Gasteiger partial charge in [-0.1, -0.05) is 11.6 Å². The van der Waals surface area contributed by atoms with Crippen molar-refractivity contribution in [3.05, 3.63) is 11.6 Å². The minimum absolute atomic E-state index is 0.727. The highest BCUT2D eigenvalue weighted by atomic mass is 19.4. The van der Waals surface area contributed by atoms with Crippen LogP contribution in [0.5, 0.6) is 0 Å². The Morgan fingerprint density at radius 1 is 1.43 bits per heavy atom. The maximum Gasteiger partial charge on any atom is 0.390 e. The molecule has 0 heterocycles. The zero-order valence-corrected chi connectivity index (χ0v) is 7.90. The average molecular weight is 208 g/mol. The van der Waals surface area contributed by atoms with Gasteiger partial charge in [0.15, 0.2) is 0 Å². The highest BCUT2D eigenvalue weighted by Gasteiger charge is 2.33. The Morgan fingerprint density at radius 2 is 2.14 bits per heavy atom. The van der Waals surface area contributed by atoms with E-state index in [2.05, 4.69) is 5.43 Å². The average Bonchev–Trinajstić information content (AvgIpc) is 2.14. The van der Waals surface area contributed by atoms with Gasteiger partial charge in [-0.05, 0) is 25.7 Å². The van der Waals surface area contributed by atoms with Crippen LogP contribution in [0.25, 0.3) is 0 Å². The second-order valence-corrected chi connectivity index (χ2v) is 3.56. The van der Waals surface area contributed by atoms with Gasteiger partial charge in [0.25, 0.3) is 0 Å². The molecule has 5 heteroatoms. The number of alkyl halides is 3. The number of nitrogens with one attached hydrogen (secondary N) is 1. The van der Waals surface area contributed by atoms with Crippen molar-refractivity contribution in [2.24, 2.45) is 5.84 Å². The van der Waals surface area contributed by atoms with Gasteiger partial charge in [-0.2, -0.15) is 13.2 Å². The molecule has 0 aliphatic heterocycles. The second kappa shape index (κ2) is 4.79. The summed E-state index contributed by atoms with van der Waals surface area (Å²) in [5.41, 5.74) is 3.04. The van der Waals surface area contributed by atoms with E-state index in [-0.39, 0.29) is 0 Å². The van der Waals surface area contributed by atoms with Crippen molar-refractivity contribution in [2.75, 3.05) is 0 Å². The fourth-order valence-electron chi connectivity index (χ4n) is 1.71. The topological polar surface area (TPSA) is 38.0 Å². The first kappa shape index (κ1) is 11.5. The molecule has 1 rings (SSSR count). The molecule has 0 aromatic rings. The SMILES string of the molecule is NNC(CC(F)(F)F)C1=CCCCC1. The number of hydrogen-bond donors (Lipinski definition) is 2. The van der Waals surface area contributed by atoms with Crippen molar-refractivity contribution < 1.29 is 13.2 Å². The van der Waals surface area contributed by atoms with Gasteiger partial charge in [0, 0.05) is 0 Å². The third-order valence-corrected chi connectivity index (χ3v) is 2.41. The van der Waals surface area contributed by atoms with E-state index in [1.54, 1.807) is 0 Å². The quantitative estimate of drug-likeness (QED) is 0.424. The van der Waals surface area contributed by atoms with Gasteiger partial charge < -0.3 is 0 Å². The molecule has 0 fully saturated rings. The van der Waals surface area contributed by atoms with Gasteiger partial charge in [-0.3, -0.25) is 11.3 Å². The Kier molecular flexibility index (Phi) is 3.95. The molecular formula is C9H15F3N2. The molecule has 1 aliphatic carbocycles. The van der Waals surface area contributed by atoms with Crippen LogP contribution in [0.3, 0.4) is 0 Å². The molecule has 0 aromatic heterocycles. The van der Waals surface area contributed by atoms with E-state index in [1.165, 1.54) is 0 Å². The van der Waals surface area contributed by atoms with E-state index in [1.807, 2.05) is 6.08 Å². The van der Waals surface area contributed by atoms with Gasteiger partial charge in [0.05, 0.1) is 12.5 Å². The van der Waals surface area contributed by atoms with Gasteiger partial charge in [-0.25, -0.2) is 0 Å². The lowest BCUT2D eigenvalue weighted by molar-refractivity contribution is -0.138. The van der Waals surface area contributed by atoms with Crippen LogP contribution in [0.2, 0.25) is 0 Å². The summed E-state index contributed by atoms with van der Waals surface area (Å²) in [6, 6.07) is -0.740. The fraction of sp³-hybridized carbons (Fsp3) is 0.778. The molecule has 1 atom stereocenters. The molecule has 0 spiro atoms. The molecule has 14 heavy (non-hydrogen) atoms. The Hall–Kier alpha value is -0.550. The third-order valence-electron chi connectivity index (χ3n) is 2.41. The van der Waals surface area contributed by atoms with Gasteiger partial charge >= 0.3 is 6.18 Å². The zero-order valence-electron chi connectivity index (χ0n) is 7.90. The molecule has 2 nitrogen and oxygen atoms in total. The normalized spacial score (nSPS) is 20.4. The summed E-state index contributed by atoms with van der Waals surface area (Å²) in [5.74, 6) is 5.12. The number of allylic oxidation sites excluding steroid dienone is 1. The highest BCUT2D eigenvalue weighted by Crippen LogP contribution is 2.28. The van der Waals surface area contributed by atoms with Crippen LogP contribution < -0.4 is 11.3 Å². The lowest BCUT2D eigenvalue weighted by atomic mass is 9.92. The smallest absolute Gasteiger partial charge is 0.271 e. The van der Waals surface area contributed by atoms with Crippen LogP contribution in [-0.2, 0) is 0 Å². The van der Waals surface area contributed by atoms with E-state index in [0.717, 1.165) is 31.3 Å². The van der Waals surface area contributed by atoms with Crippen LogP contribution >= 0.6 is 0 Å². The van der Waals surface area contributed by atoms with Crippen LogP contribution in [0.1, 0.15) is 32.1 Å². The lowest BCUT2D eigenvalue weighted by Gasteiger charge is -2.23. The van der Waals surface area contributed by atoms with Crippen LogP contribution in [0.15, 0.2) is 11.6 Å². The summed E-state index contributed by atoms with van der Waals surface area (Å²) in [5, 5.41) is 0. The van der Waals surface area contributed by atoms with Crippen molar-refractivity contribution in [2.45, 2.75) is 44.3 Å². The molecule has 3 N–H and O–H groups in total. The van der Waals surface area contributed by atoms with Crippen LogP contribution in [0.4, 0.5) is 13.2 Å². The first-order valence-corrected chi connectivity index (χ1v) is 4.75. The van der Waals surface area contributed by atoms with Crippen molar-refractivity contribution in [1.29, 1.82) is 0 Å². The molecule has 0 aromatic carbocycles. The summed E-state index contributed by atoms with van der Waals surface area (Å²) < 4.78 is 36.4. The largest absolute Gasteiger partial charge is 0.390 e.